The van der Waals surface area contributed by atoms with E-state index in [1.54, 1.807) is 41.5 Å². The van der Waals surface area contributed by atoms with Crippen molar-refractivity contribution in [3.8, 4) is 0 Å². The standard InChI is InChI=1S/C27H34ClF4N5O6/c1-25(2,3)42-22(39)18(33)14-10-35(11-15(14)27(30,31)32)20-16(29)9-13-19(17(20)28)36(12-7-8-12)24(41)37(21(13)38)34-23(40)43-26(4,5)6/h9,12,14-15,18H,7-8,10-11,33H2,1-6H3,(H,34,40)/t14-,15-,18?/m0/s1. The third-order valence-electron chi connectivity index (χ3n) is 7.00. The van der Waals surface area contributed by atoms with Crippen LogP contribution in [-0.2, 0) is 14.3 Å². The fraction of sp³-hybridized carbons (Fsp3) is 0.630. The van der Waals surface area contributed by atoms with Crippen LogP contribution >= 0.6 is 11.6 Å². The molecule has 2 aliphatic rings. The Hall–Kier alpha value is -3.33. The quantitative estimate of drug-likeness (QED) is 0.371. The van der Waals surface area contributed by atoms with Crippen molar-refractivity contribution in [1.82, 2.24) is 9.24 Å². The van der Waals surface area contributed by atoms with Gasteiger partial charge in [0.1, 0.15) is 23.1 Å². The number of alkyl halides is 3. The van der Waals surface area contributed by atoms with E-state index in [9.17, 15) is 32.3 Å². The summed E-state index contributed by atoms with van der Waals surface area (Å²) in [6.07, 6.45) is -4.93. The van der Waals surface area contributed by atoms with Gasteiger partial charge in [0.25, 0.3) is 5.56 Å². The first-order valence-electron chi connectivity index (χ1n) is 13.6. The molecule has 1 saturated heterocycles. The van der Waals surface area contributed by atoms with Crippen LogP contribution in [0.1, 0.15) is 60.4 Å². The fourth-order valence-corrected chi connectivity index (χ4v) is 5.53. The maximum atomic E-state index is 15.7. The van der Waals surface area contributed by atoms with Crippen molar-refractivity contribution < 1.29 is 36.6 Å². The molecule has 2 fully saturated rings. The molecule has 1 aromatic carbocycles. The van der Waals surface area contributed by atoms with Crippen LogP contribution in [0.15, 0.2) is 15.7 Å². The van der Waals surface area contributed by atoms with Gasteiger partial charge in [-0.2, -0.15) is 17.8 Å². The highest BCUT2D eigenvalue weighted by atomic mass is 35.5. The maximum Gasteiger partial charge on any atom is 0.427 e. The Bertz CT molecular complexity index is 1570. The van der Waals surface area contributed by atoms with E-state index in [-0.39, 0.29) is 10.9 Å². The minimum absolute atomic E-state index is 0.193. The number of ether oxygens (including phenoxy) is 2. The van der Waals surface area contributed by atoms with Crippen LogP contribution < -0.4 is 27.3 Å². The van der Waals surface area contributed by atoms with E-state index in [0.717, 1.165) is 15.5 Å². The third kappa shape index (κ3) is 6.77. The molecule has 43 heavy (non-hydrogen) atoms. The van der Waals surface area contributed by atoms with Crippen LogP contribution in [0.2, 0.25) is 5.02 Å². The minimum atomic E-state index is -4.81. The molecule has 0 spiro atoms. The van der Waals surface area contributed by atoms with Gasteiger partial charge in [0.2, 0.25) is 0 Å². The first-order valence-corrected chi connectivity index (χ1v) is 14.0. The predicted octanol–water partition coefficient (Wildman–Crippen LogP) is 4.05. The summed E-state index contributed by atoms with van der Waals surface area (Å²) in [5.41, 5.74) is 3.29. The summed E-state index contributed by atoms with van der Waals surface area (Å²) in [5, 5.41) is -0.852. The number of aromatic nitrogens is 2. The van der Waals surface area contributed by atoms with Crippen molar-refractivity contribution in [3.63, 3.8) is 0 Å². The summed E-state index contributed by atoms with van der Waals surface area (Å²) in [5.74, 6) is -5.85. The zero-order chi connectivity index (χ0) is 32.4. The molecule has 1 saturated carbocycles. The van der Waals surface area contributed by atoms with E-state index in [0.29, 0.717) is 17.5 Å². The van der Waals surface area contributed by atoms with Gasteiger partial charge in [-0.15, -0.1) is 0 Å². The van der Waals surface area contributed by atoms with Crippen LogP contribution in [0.5, 0.6) is 0 Å². The molecule has 0 bridgehead atoms. The van der Waals surface area contributed by atoms with Crippen LogP contribution in [0.4, 0.5) is 28.0 Å². The number of nitrogens with two attached hydrogens (primary N) is 1. The molecule has 238 valence electrons. The molecular formula is C27H34ClF4N5O6. The normalized spacial score (nSPS) is 20.3. The molecular weight excluding hydrogens is 602 g/mol. The monoisotopic (exact) mass is 635 g/mol. The smallest absolute Gasteiger partial charge is 0.427 e. The minimum Gasteiger partial charge on any atom is -0.459 e. The van der Waals surface area contributed by atoms with E-state index in [1.165, 1.54) is 0 Å². The van der Waals surface area contributed by atoms with Gasteiger partial charge in [0.15, 0.2) is 0 Å². The lowest BCUT2D eigenvalue weighted by Crippen LogP contribution is -2.48. The van der Waals surface area contributed by atoms with Crippen molar-refractivity contribution in [2.45, 2.75) is 83.8 Å². The number of benzene rings is 1. The molecule has 1 unspecified atom stereocenters. The highest BCUT2D eigenvalue weighted by Crippen LogP contribution is 2.45. The predicted molar refractivity (Wildman–Crippen MR) is 150 cm³/mol. The van der Waals surface area contributed by atoms with Crippen molar-refractivity contribution in [2.75, 3.05) is 23.4 Å². The molecule has 2 aromatic rings. The second-order valence-corrected chi connectivity index (χ2v) is 13.2. The number of anilines is 1. The van der Waals surface area contributed by atoms with Gasteiger partial charge in [-0.1, -0.05) is 11.6 Å². The zero-order valence-corrected chi connectivity index (χ0v) is 25.2. The number of esters is 1. The molecule has 4 rings (SSSR count). The number of nitrogens with one attached hydrogen (secondary N) is 1. The number of hydrogen-bond donors (Lipinski definition) is 2. The zero-order valence-electron chi connectivity index (χ0n) is 24.5. The molecule has 1 aliphatic heterocycles. The van der Waals surface area contributed by atoms with E-state index >= 15 is 4.39 Å². The topological polar surface area (TPSA) is 138 Å². The van der Waals surface area contributed by atoms with Gasteiger partial charge in [-0.05, 0) is 60.5 Å². The SMILES string of the molecule is CC(C)(C)OC(=O)Nn1c(=O)c2cc(F)c(N3C[C@H](C(N)C(=O)OC(C)(C)C)[C@@H](C(F)(F)F)C3)c(Cl)c2n(C2CC2)c1=O. The van der Waals surface area contributed by atoms with Crippen LogP contribution in [0.25, 0.3) is 10.9 Å². The molecule has 1 aromatic heterocycles. The molecule has 3 atom stereocenters. The molecule has 1 amide bonds. The van der Waals surface area contributed by atoms with Crippen molar-refractivity contribution in [1.29, 1.82) is 0 Å². The van der Waals surface area contributed by atoms with Crippen LogP contribution in [-0.4, -0.2) is 57.8 Å². The molecule has 16 heteroatoms. The summed E-state index contributed by atoms with van der Waals surface area (Å²) in [7, 11) is 0. The Morgan fingerprint density at radius 3 is 2.14 bits per heavy atom. The fourth-order valence-electron chi connectivity index (χ4n) is 5.13. The van der Waals surface area contributed by atoms with Gasteiger partial charge in [-0.3, -0.25) is 14.2 Å². The Kier molecular flexibility index (Phi) is 8.33. The second-order valence-electron chi connectivity index (χ2n) is 12.8. The van der Waals surface area contributed by atoms with Crippen molar-refractivity contribution in [2.24, 2.45) is 17.6 Å². The lowest BCUT2D eigenvalue weighted by atomic mass is 9.89. The van der Waals surface area contributed by atoms with Crippen LogP contribution in [0, 0.1) is 17.7 Å². The van der Waals surface area contributed by atoms with Crippen LogP contribution in [0.3, 0.4) is 0 Å². The van der Waals surface area contributed by atoms with E-state index in [2.05, 4.69) is 5.43 Å². The van der Waals surface area contributed by atoms with Gasteiger partial charge < -0.3 is 20.1 Å². The molecule has 11 nitrogen and oxygen atoms in total. The number of fused-ring (bicyclic) bond motifs is 1. The van der Waals surface area contributed by atoms with Gasteiger partial charge in [0, 0.05) is 25.0 Å². The number of rotatable bonds is 5. The number of halogens is 5. The summed E-state index contributed by atoms with van der Waals surface area (Å²) < 4.78 is 70.0. The van der Waals surface area contributed by atoms with Crippen molar-refractivity contribution in [3.05, 3.63) is 37.7 Å². The van der Waals surface area contributed by atoms with Gasteiger partial charge in [0.05, 0.1) is 27.5 Å². The number of nitrogens with zero attached hydrogens (tertiary/aromatic N) is 3. The molecule has 1 aliphatic carbocycles. The van der Waals surface area contributed by atoms with E-state index < -0.39 is 94.2 Å². The van der Waals surface area contributed by atoms with Gasteiger partial charge in [-0.25, -0.2) is 19.4 Å². The summed E-state index contributed by atoms with van der Waals surface area (Å²) in [6.45, 7) is 8.03. The average Bonchev–Trinajstić information content (AvgIpc) is 3.56. The number of hydrogen-bond acceptors (Lipinski definition) is 8. The largest absolute Gasteiger partial charge is 0.459 e. The Morgan fingerprint density at radius 1 is 1.05 bits per heavy atom. The maximum absolute atomic E-state index is 15.7. The van der Waals surface area contributed by atoms with Gasteiger partial charge >= 0.3 is 23.9 Å². The average molecular weight is 636 g/mol. The molecule has 0 radical (unpaired) electrons. The summed E-state index contributed by atoms with van der Waals surface area (Å²) in [6, 6.07) is -1.39. The number of amides is 1. The molecule has 2 heterocycles. The first-order chi connectivity index (χ1) is 19.6. The second kappa shape index (κ2) is 11.0. The Morgan fingerprint density at radius 2 is 1.63 bits per heavy atom. The summed E-state index contributed by atoms with van der Waals surface area (Å²) >= 11 is 6.63. The molecule has 3 N–H and O–H groups in total. The highest BCUT2D eigenvalue weighted by molar-refractivity contribution is 6.38. The van der Waals surface area contributed by atoms with E-state index in [1.807, 2.05) is 0 Å². The first kappa shape index (κ1) is 32.6. The number of carbonyl (C=O) groups is 2. The van der Waals surface area contributed by atoms with Crippen molar-refractivity contribution >= 4 is 40.3 Å². The Balaban J connectivity index is 1.82. The van der Waals surface area contributed by atoms with E-state index in [4.69, 9.17) is 26.8 Å². The summed E-state index contributed by atoms with van der Waals surface area (Å²) in [4.78, 5) is 52.7. The number of carbonyl (C=O) groups excluding carboxylic acids is 2. The Labute approximate surface area is 248 Å². The lowest BCUT2D eigenvalue weighted by Gasteiger charge is -2.28. The third-order valence-corrected chi connectivity index (χ3v) is 7.35. The lowest BCUT2D eigenvalue weighted by molar-refractivity contribution is -0.184. The highest BCUT2D eigenvalue weighted by Gasteiger charge is 2.54.